The van der Waals surface area contributed by atoms with E-state index in [-0.39, 0.29) is 0 Å². The Balaban J connectivity index is 0.00000136. The van der Waals surface area contributed by atoms with Crippen molar-refractivity contribution in [3.63, 3.8) is 0 Å². The number of aromatic nitrogens is 3. The number of nitrogens with zero attached hydrogens (tertiary/aromatic N) is 3. The zero-order valence-corrected chi connectivity index (χ0v) is 33.3. The third-order valence-electron chi connectivity index (χ3n) is 11.2. The molecule has 0 amide bonds. The molecule has 0 unspecified atom stereocenters. The lowest BCUT2D eigenvalue weighted by molar-refractivity contribution is 1.09. The second-order valence-corrected chi connectivity index (χ2v) is 15.1. The smallest absolute Gasteiger partial charge is 0.0547 e. The van der Waals surface area contributed by atoms with E-state index in [1.54, 1.807) is 0 Å². The minimum Gasteiger partial charge on any atom is -0.309 e. The van der Waals surface area contributed by atoms with Crippen LogP contribution in [-0.4, -0.2) is 14.1 Å². The number of rotatable bonds is 6. The average Bonchev–Trinajstić information content (AvgIpc) is 3.82. The molecule has 0 spiro atoms. The van der Waals surface area contributed by atoms with Gasteiger partial charge in [0, 0.05) is 50.8 Å². The van der Waals surface area contributed by atoms with Gasteiger partial charge in [-0.15, -0.1) is 0 Å². The lowest BCUT2D eigenvalue weighted by atomic mass is 9.97. The van der Waals surface area contributed by atoms with Crippen LogP contribution in [0.3, 0.4) is 0 Å². The maximum atomic E-state index is 4.46. The number of benzene rings is 8. The molecule has 282 valence electrons. The first-order chi connectivity index (χ1) is 29.2. The van der Waals surface area contributed by atoms with Crippen molar-refractivity contribution in [1.29, 1.82) is 0 Å². The Morgan fingerprint density at radius 3 is 1.64 bits per heavy atom. The van der Waals surface area contributed by atoms with E-state index in [0.717, 1.165) is 33.5 Å². The van der Waals surface area contributed by atoms with Crippen LogP contribution in [-0.2, 0) is 0 Å². The SMILES string of the molecule is CCC.c1ccc(-c2ccc(-n3c4ccc(-c5cccnc5)cc4c4cc(-c5cccc6c5c5ccccc5n6-c5ccccc5)ccc43)c(-c3ccccc3)c2)cc1. The van der Waals surface area contributed by atoms with Gasteiger partial charge in [-0.25, -0.2) is 0 Å². The van der Waals surface area contributed by atoms with Gasteiger partial charge >= 0.3 is 0 Å². The summed E-state index contributed by atoms with van der Waals surface area (Å²) in [6.45, 7) is 4.25. The summed E-state index contributed by atoms with van der Waals surface area (Å²) in [5.74, 6) is 0. The molecule has 0 N–H and O–H groups in total. The van der Waals surface area contributed by atoms with Gasteiger partial charge in [0.05, 0.1) is 27.8 Å². The fourth-order valence-corrected chi connectivity index (χ4v) is 8.67. The van der Waals surface area contributed by atoms with Crippen molar-refractivity contribution in [3.8, 4) is 55.9 Å². The fraction of sp³-hybridized carbons (Fsp3) is 0.0536. The first-order valence-electron chi connectivity index (χ1n) is 20.5. The number of hydrogen-bond donors (Lipinski definition) is 0. The van der Waals surface area contributed by atoms with E-state index >= 15 is 0 Å². The van der Waals surface area contributed by atoms with E-state index in [4.69, 9.17) is 0 Å². The van der Waals surface area contributed by atoms with Gasteiger partial charge in [0.1, 0.15) is 0 Å². The fourth-order valence-electron chi connectivity index (χ4n) is 8.67. The Morgan fingerprint density at radius 2 is 0.932 bits per heavy atom. The van der Waals surface area contributed by atoms with Gasteiger partial charge in [0.2, 0.25) is 0 Å². The Labute approximate surface area is 345 Å². The molecule has 0 aliphatic heterocycles. The lowest BCUT2D eigenvalue weighted by Gasteiger charge is -2.16. The van der Waals surface area contributed by atoms with E-state index in [2.05, 4.69) is 222 Å². The zero-order chi connectivity index (χ0) is 39.7. The van der Waals surface area contributed by atoms with Crippen molar-refractivity contribution in [2.24, 2.45) is 0 Å². The molecule has 3 aromatic heterocycles. The second kappa shape index (κ2) is 15.5. The van der Waals surface area contributed by atoms with Crippen LogP contribution < -0.4 is 0 Å². The van der Waals surface area contributed by atoms with Gasteiger partial charge in [-0.1, -0.05) is 154 Å². The zero-order valence-electron chi connectivity index (χ0n) is 33.3. The van der Waals surface area contributed by atoms with Crippen molar-refractivity contribution in [2.45, 2.75) is 20.3 Å². The van der Waals surface area contributed by atoms with Crippen molar-refractivity contribution < 1.29 is 0 Å². The summed E-state index contributed by atoms with van der Waals surface area (Å²) in [7, 11) is 0. The number of hydrogen-bond acceptors (Lipinski definition) is 1. The highest BCUT2D eigenvalue weighted by Crippen LogP contribution is 2.43. The maximum Gasteiger partial charge on any atom is 0.0547 e. The molecule has 0 aliphatic rings. The van der Waals surface area contributed by atoms with Crippen LogP contribution in [0.15, 0.2) is 213 Å². The Bertz CT molecular complexity index is 3230. The average molecular weight is 758 g/mol. The molecule has 0 radical (unpaired) electrons. The number of fused-ring (bicyclic) bond motifs is 6. The quantitative estimate of drug-likeness (QED) is 0.166. The third-order valence-corrected chi connectivity index (χ3v) is 11.2. The number of pyridine rings is 1. The molecule has 3 heterocycles. The normalized spacial score (nSPS) is 11.3. The molecule has 3 nitrogen and oxygen atoms in total. The van der Waals surface area contributed by atoms with E-state index in [0.29, 0.717) is 0 Å². The first-order valence-corrected chi connectivity index (χ1v) is 20.5. The van der Waals surface area contributed by atoms with Crippen LogP contribution in [0, 0.1) is 0 Å². The summed E-state index contributed by atoms with van der Waals surface area (Å²) in [4.78, 5) is 4.46. The minimum atomic E-state index is 1.10. The third kappa shape index (κ3) is 6.38. The molecule has 0 aliphatic carbocycles. The monoisotopic (exact) mass is 757 g/mol. The van der Waals surface area contributed by atoms with Crippen LogP contribution in [0.5, 0.6) is 0 Å². The van der Waals surface area contributed by atoms with E-state index in [1.165, 1.54) is 72.4 Å². The highest BCUT2D eigenvalue weighted by molar-refractivity contribution is 6.17. The van der Waals surface area contributed by atoms with Gasteiger partial charge < -0.3 is 9.13 Å². The van der Waals surface area contributed by atoms with Crippen molar-refractivity contribution in [2.75, 3.05) is 0 Å². The second-order valence-electron chi connectivity index (χ2n) is 15.1. The predicted octanol–water partition coefficient (Wildman–Crippen LogP) is 15.4. The summed E-state index contributed by atoms with van der Waals surface area (Å²) < 4.78 is 4.85. The summed E-state index contributed by atoms with van der Waals surface area (Å²) >= 11 is 0. The molecule has 11 rings (SSSR count). The molecule has 8 aromatic carbocycles. The summed E-state index contributed by atoms with van der Waals surface area (Å²) in [6.07, 6.45) is 5.03. The summed E-state index contributed by atoms with van der Waals surface area (Å²) in [5.41, 5.74) is 16.4. The van der Waals surface area contributed by atoms with Crippen LogP contribution >= 0.6 is 0 Å². The van der Waals surface area contributed by atoms with Crippen LogP contribution in [0.1, 0.15) is 20.3 Å². The molecule has 0 fully saturated rings. The molecular formula is C56H43N3. The maximum absolute atomic E-state index is 4.46. The Kier molecular flexibility index (Phi) is 9.40. The van der Waals surface area contributed by atoms with Crippen LogP contribution in [0.4, 0.5) is 0 Å². The molecule has 0 atom stereocenters. The summed E-state index contributed by atoms with van der Waals surface area (Å²) in [6, 6.07) is 72.6. The van der Waals surface area contributed by atoms with Gasteiger partial charge in [0.15, 0.2) is 0 Å². The van der Waals surface area contributed by atoms with Gasteiger partial charge in [-0.2, -0.15) is 0 Å². The molecule has 3 heteroatoms. The molecular weight excluding hydrogens is 715 g/mol. The van der Waals surface area contributed by atoms with Gasteiger partial charge in [-0.3, -0.25) is 4.98 Å². The molecule has 11 aromatic rings. The van der Waals surface area contributed by atoms with Crippen LogP contribution in [0.25, 0.3) is 99.5 Å². The summed E-state index contributed by atoms with van der Waals surface area (Å²) in [5, 5.41) is 4.91. The topological polar surface area (TPSA) is 22.8 Å². The predicted molar refractivity (Wildman–Crippen MR) is 251 cm³/mol. The first kappa shape index (κ1) is 35.9. The molecule has 0 saturated carbocycles. The highest BCUT2D eigenvalue weighted by atomic mass is 15.0. The minimum absolute atomic E-state index is 1.10. The van der Waals surface area contributed by atoms with Gasteiger partial charge in [0.25, 0.3) is 0 Å². The Hall–Kier alpha value is -7.49. The van der Waals surface area contributed by atoms with Crippen molar-refractivity contribution in [3.05, 3.63) is 213 Å². The largest absolute Gasteiger partial charge is 0.309 e. The number of para-hydroxylation sites is 2. The Morgan fingerprint density at radius 1 is 0.373 bits per heavy atom. The van der Waals surface area contributed by atoms with Gasteiger partial charge in [-0.05, 0) is 100 Å². The van der Waals surface area contributed by atoms with Crippen molar-refractivity contribution in [1.82, 2.24) is 14.1 Å². The van der Waals surface area contributed by atoms with E-state index in [1.807, 2.05) is 18.5 Å². The highest BCUT2D eigenvalue weighted by Gasteiger charge is 2.20. The van der Waals surface area contributed by atoms with E-state index < -0.39 is 0 Å². The van der Waals surface area contributed by atoms with Crippen LogP contribution in [0.2, 0.25) is 0 Å². The lowest BCUT2D eigenvalue weighted by Crippen LogP contribution is -1.98. The standard InChI is InChI=1S/C53H35N3.C3H8/c1-4-14-36(15-5-1)38-25-28-49(45(32-38)37-16-6-2-7-17-37)56-50-29-26-39(41-18-13-31-54-35-41)33-46(50)47-34-40(27-30-51(47)56)43-22-12-24-52-53(43)44-21-10-11-23-48(44)55(52)42-19-8-3-9-20-42;1-3-2/h1-35H;3H2,1-2H3. The van der Waals surface area contributed by atoms with E-state index in [9.17, 15) is 0 Å². The molecule has 0 bridgehead atoms. The molecule has 0 saturated heterocycles. The van der Waals surface area contributed by atoms with Crippen molar-refractivity contribution >= 4 is 43.6 Å². The molecule has 59 heavy (non-hydrogen) atoms.